The van der Waals surface area contributed by atoms with Crippen LogP contribution in [-0.2, 0) is 6.42 Å². The van der Waals surface area contributed by atoms with Gasteiger partial charge in [0.1, 0.15) is 0 Å². The Morgan fingerprint density at radius 2 is 1.78 bits per heavy atom. The van der Waals surface area contributed by atoms with Crippen LogP contribution in [0.15, 0.2) is 72.8 Å². The molecule has 1 atom stereocenters. The molecular formula is C24H24N2O. The normalized spacial score (nSPS) is 16.5. The zero-order chi connectivity index (χ0) is 18.6. The number of hydrogen-bond acceptors (Lipinski definition) is 2. The van der Waals surface area contributed by atoms with E-state index in [0.717, 1.165) is 42.8 Å². The smallest absolute Gasteiger partial charge is 0.254 e. The summed E-state index contributed by atoms with van der Waals surface area (Å²) in [6.45, 7) is 2.89. The van der Waals surface area contributed by atoms with Crippen molar-refractivity contribution in [2.24, 2.45) is 0 Å². The molecule has 0 aliphatic carbocycles. The van der Waals surface area contributed by atoms with E-state index in [9.17, 15) is 4.79 Å². The van der Waals surface area contributed by atoms with Gasteiger partial charge < -0.3 is 4.90 Å². The third kappa shape index (κ3) is 3.92. The summed E-state index contributed by atoms with van der Waals surface area (Å²) in [6, 6.07) is 24.4. The second-order valence-electron chi connectivity index (χ2n) is 7.24. The number of nitrogens with zero attached hydrogens (tertiary/aromatic N) is 2. The molecule has 3 aromatic rings. The van der Waals surface area contributed by atoms with Crippen LogP contribution in [0.4, 0.5) is 0 Å². The second kappa shape index (κ2) is 7.75. The Bertz CT molecular complexity index is 919. The highest BCUT2D eigenvalue weighted by atomic mass is 16.2. The molecular weight excluding hydrogens is 332 g/mol. The zero-order valence-electron chi connectivity index (χ0n) is 15.6. The van der Waals surface area contributed by atoms with E-state index < -0.39 is 0 Å². The third-order valence-electron chi connectivity index (χ3n) is 5.21. The maximum atomic E-state index is 12.9. The number of carbonyl (C=O) groups is 1. The van der Waals surface area contributed by atoms with Crippen LogP contribution >= 0.6 is 0 Å². The molecule has 0 unspecified atom stereocenters. The lowest BCUT2D eigenvalue weighted by Gasteiger charge is -2.25. The number of aryl methyl sites for hydroxylation is 1. The monoisotopic (exact) mass is 356 g/mol. The Kier molecular flexibility index (Phi) is 5.01. The van der Waals surface area contributed by atoms with E-state index in [2.05, 4.69) is 49.4 Å². The molecule has 3 nitrogen and oxygen atoms in total. The van der Waals surface area contributed by atoms with Crippen LogP contribution in [0, 0.1) is 6.92 Å². The van der Waals surface area contributed by atoms with Gasteiger partial charge >= 0.3 is 0 Å². The molecule has 1 amide bonds. The first-order valence-corrected chi connectivity index (χ1v) is 9.58. The Morgan fingerprint density at radius 3 is 2.56 bits per heavy atom. The summed E-state index contributed by atoms with van der Waals surface area (Å²) in [4.78, 5) is 19.8. The summed E-state index contributed by atoms with van der Waals surface area (Å²) < 4.78 is 0. The van der Waals surface area contributed by atoms with Gasteiger partial charge in [0.15, 0.2) is 0 Å². The molecule has 136 valence electrons. The number of likely N-dealkylation sites (tertiary alicyclic amines) is 1. The van der Waals surface area contributed by atoms with E-state index in [0.29, 0.717) is 0 Å². The van der Waals surface area contributed by atoms with Crippen LogP contribution in [0.3, 0.4) is 0 Å². The van der Waals surface area contributed by atoms with Crippen LogP contribution in [0.2, 0.25) is 0 Å². The van der Waals surface area contributed by atoms with Crippen LogP contribution in [-0.4, -0.2) is 22.3 Å². The predicted octanol–water partition coefficient (Wildman–Crippen LogP) is 4.96. The van der Waals surface area contributed by atoms with Gasteiger partial charge in [-0.2, -0.15) is 0 Å². The minimum Gasteiger partial charge on any atom is -0.330 e. The number of benzene rings is 2. The molecule has 1 aromatic heterocycles. The molecule has 0 radical (unpaired) electrons. The van der Waals surface area contributed by atoms with Gasteiger partial charge in [0.05, 0.1) is 11.7 Å². The molecule has 0 bridgehead atoms. The minimum atomic E-state index is 0.0654. The summed E-state index contributed by atoms with van der Waals surface area (Å²) in [5.74, 6) is 0.101. The Morgan fingerprint density at radius 1 is 1.00 bits per heavy atom. The number of amides is 1. The highest BCUT2D eigenvalue weighted by molar-refractivity contribution is 5.94. The molecule has 1 fully saturated rings. The van der Waals surface area contributed by atoms with Crippen molar-refractivity contribution in [1.29, 1.82) is 0 Å². The lowest BCUT2D eigenvalue weighted by molar-refractivity contribution is 0.0733. The summed E-state index contributed by atoms with van der Waals surface area (Å²) in [5.41, 5.74) is 5.33. The quantitative estimate of drug-likeness (QED) is 0.662. The van der Waals surface area contributed by atoms with Gasteiger partial charge in [-0.1, -0.05) is 54.1 Å². The van der Waals surface area contributed by atoms with Gasteiger partial charge in [-0.15, -0.1) is 0 Å². The van der Waals surface area contributed by atoms with Gasteiger partial charge in [-0.25, -0.2) is 0 Å². The van der Waals surface area contributed by atoms with Crippen LogP contribution in [0.25, 0.3) is 0 Å². The average Bonchev–Trinajstić information content (AvgIpc) is 3.20. The Hall–Kier alpha value is -2.94. The summed E-state index contributed by atoms with van der Waals surface area (Å²) in [5, 5.41) is 0. The van der Waals surface area contributed by atoms with Gasteiger partial charge in [0.25, 0.3) is 5.91 Å². The zero-order valence-corrected chi connectivity index (χ0v) is 15.6. The molecule has 3 heteroatoms. The fraction of sp³-hybridized carbons (Fsp3) is 0.250. The highest BCUT2D eigenvalue weighted by Gasteiger charge is 2.31. The largest absolute Gasteiger partial charge is 0.330 e. The molecule has 1 saturated heterocycles. The van der Waals surface area contributed by atoms with Gasteiger partial charge in [0, 0.05) is 24.2 Å². The van der Waals surface area contributed by atoms with Gasteiger partial charge in [0.2, 0.25) is 0 Å². The van der Waals surface area contributed by atoms with Crippen LogP contribution < -0.4 is 0 Å². The predicted molar refractivity (Wildman–Crippen MR) is 108 cm³/mol. The average molecular weight is 356 g/mol. The highest BCUT2D eigenvalue weighted by Crippen LogP contribution is 2.32. The fourth-order valence-corrected chi connectivity index (χ4v) is 3.76. The molecule has 2 aromatic carbocycles. The molecule has 4 rings (SSSR count). The number of aromatic nitrogens is 1. The summed E-state index contributed by atoms with van der Waals surface area (Å²) in [6.07, 6.45) is 2.81. The molecule has 27 heavy (non-hydrogen) atoms. The number of carbonyl (C=O) groups excluding carboxylic acids is 1. The van der Waals surface area contributed by atoms with Crippen molar-refractivity contribution in [3.8, 4) is 0 Å². The Balaban J connectivity index is 1.55. The van der Waals surface area contributed by atoms with Gasteiger partial charge in [-0.05, 0) is 49.6 Å². The Labute approximate surface area is 160 Å². The fourth-order valence-electron chi connectivity index (χ4n) is 3.76. The van der Waals surface area contributed by atoms with Crippen molar-refractivity contribution >= 4 is 5.91 Å². The van der Waals surface area contributed by atoms with Crippen LogP contribution in [0.1, 0.15) is 51.8 Å². The van der Waals surface area contributed by atoms with E-state index in [1.165, 1.54) is 11.1 Å². The molecule has 1 aliphatic heterocycles. The maximum Gasteiger partial charge on any atom is 0.254 e. The first-order chi connectivity index (χ1) is 13.2. The lowest BCUT2D eigenvalue weighted by Crippen LogP contribution is -2.31. The summed E-state index contributed by atoms with van der Waals surface area (Å²) in [7, 11) is 0. The van der Waals surface area contributed by atoms with E-state index in [4.69, 9.17) is 4.98 Å². The first kappa shape index (κ1) is 17.5. The number of hydrogen-bond donors (Lipinski definition) is 0. The topological polar surface area (TPSA) is 33.2 Å². The van der Waals surface area contributed by atoms with Crippen LogP contribution in [0.5, 0.6) is 0 Å². The van der Waals surface area contributed by atoms with Crippen molar-refractivity contribution in [3.63, 3.8) is 0 Å². The van der Waals surface area contributed by atoms with Crippen molar-refractivity contribution in [1.82, 2.24) is 9.88 Å². The molecule has 2 heterocycles. The van der Waals surface area contributed by atoms with E-state index in [1.54, 1.807) is 0 Å². The maximum absolute atomic E-state index is 12.9. The minimum absolute atomic E-state index is 0.0654. The van der Waals surface area contributed by atoms with Gasteiger partial charge in [-0.3, -0.25) is 9.78 Å². The van der Waals surface area contributed by atoms with E-state index in [-0.39, 0.29) is 11.9 Å². The number of rotatable bonds is 4. The lowest BCUT2D eigenvalue weighted by atomic mass is 10.1. The second-order valence-corrected chi connectivity index (χ2v) is 7.24. The molecule has 1 aliphatic rings. The van der Waals surface area contributed by atoms with Crippen molar-refractivity contribution in [2.75, 3.05) is 6.54 Å². The standard InChI is InChI=1S/C24H24N2O/c1-18-12-14-19(15-13-18)17-21-9-5-10-22(25-21)23-11-6-16-26(23)24(27)20-7-3-2-4-8-20/h2-5,7-10,12-15,23H,6,11,16-17H2,1H3/t23-/m1/s1. The molecule has 0 N–H and O–H groups in total. The SMILES string of the molecule is Cc1ccc(Cc2cccc([C@H]3CCCN3C(=O)c3ccccc3)n2)cc1. The van der Waals surface area contributed by atoms with E-state index in [1.807, 2.05) is 35.2 Å². The first-order valence-electron chi connectivity index (χ1n) is 9.58. The van der Waals surface area contributed by atoms with Crippen molar-refractivity contribution in [3.05, 3.63) is 101 Å². The van der Waals surface area contributed by atoms with Crippen molar-refractivity contribution in [2.45, 2.75) is 32.2 Å². The number of pyridine rings is 1. The van der Waals surface area contributed by atoms with Crippen molar-refractivity contribution < 1.29 is 4.79 Å². The molecule has 0 saturated carbocycles. The third-order valence-corrected chi connectivity index (χ3v) is 5.21. The molecule has 0 spiro atoms. The summed E-state index contributed by atoms with van der Waals surface area (Å²) >= 11 is 0. The van der Waals surface area contributed by atoms with E-state index >= 15 is 0 Å².